The number of anilines is 1. The second kappa shape index (κ2) is 8.66. The molecule has 0 aliphatic carbocycles. The lowest BCUT2D eigenvalue weighted by atomic mass is 10.1. The van der Waals surface area contributed by atoms with Crippen molar-refractivity contribution in [2.45, 2.75) is 6.92 Å². The summed E-state index contributed by atoms with van der Waals surface area (Å²) in [6, 6.07) is 13.4. The van der Waals surface area contributed by atoms with E-state index < -0.39 is 0 Å². The Balaban J connectivity index is 1.64. The molecule has 0 aromatic heterocycles. The van der Waals surface area contributed by atoms with Gasteiger partial charge in [0.25, 0.3) is 5.91 Å². The van der Waals surface area contributed by atoms with Gasteiger partial charge in [0.15, 0.2) is 0 Å². The van der Waals surface area contributed by atoms with Crippen LogP contribution in [0.3, 0.4) is 0 Å². The van der Waals surface area contributed by atoms with Gasteiger partial charge in [-0.05, 0) is 43.3 Å². The first-order valence-corrected chi connectivity index (χ1v) is 9.14. The van der Waals surface area contributed by atoms with Crippen molar-refractivity contribution in [3.05, 3.63) is 48.0 Å². The fourth-order valence-corrected chi connectivity index (χ4v) is 3.20. The topological polar surface area (TPSA) is 51.2 Å². The molecule has 0 atom stereocenters. The summed E-state index contributed by atoms with van der Waals surface area (Å²) in [6.45, 7) is 5.57. The molecule has 1 fully saturated rings. The van der Waals surface area contributed by atoms with Crippen molar-refractivity contribution in [2.75, 3.05) is 51.9 Å². The van der Waals surface area contributed by atoms with Gasteiger partial charge >= 0.3 is 0 Å². The third-order valence-corrected chi connectivity index (χ3v) is 4.68. The maximum atomic E-state index is 12.9. The minimum atomic E-state index is -0.00135. The zero-order valence-corrected chi connectivity index (χ0v) is 16.1. The molecule has 0 N–H and O–H groups in total. The number of hydrogen-bond donors (Lipinski definition) is 0. The van der Waals surface area contributed by atoms with Crippen LogP contribution >= 0.6 is 0 Å². The molecule has 0 unspecified atom stereocenters. The summed E-state index contributed by atoms with van der Waals surface area (Å²) in [5.74, 6) is 2.11. The van der Waals surface area contributed by atoms with Crippen LogP contribution in [-0.2, 0) is 0 Å². The van der Waals surface area contributed by atoms with Gasteiger partial charge in [0.2, 0.25) is 0 Å². The van der Waals surface area contributed by atoms with Crippen molar-refractivity contribution >= 4 is 11.6 Å². The molecule has 6 heteroatoms. The predicted molar refractivity (Wildman–Crippen MR) is 105 cm³/mol. The number of ether oxygens (including phenoxy) is 3. The number of rotatable bonds is 6. The molecule has 0 saturated carbocycles. The lowest BCUT2D eigenvalue weighted by Gasteiger charge is -2.36. The SMILES string of the molecule is CCOc1ccc(N2CCN(C(=O)c3cc(OC)cc(OC)c3)CC2)cc1. The highest BCUT2D eigenvalue weighted by Gasteiger charge is 2.23. The number of methoxy groups -OCH3 is 2. The van der Waals surface area contributed by atoms with Gasteiger partial charge in [-0.1, -0.05) is 0 Å². The zero-order valence-electron chi connectivity index (χ0n) is 16.1. The van der Waals surface area contributed by atoms with Gasteiger partial charge < -0.3 is 24.0 Å². The zero-order chi connectivity index (χ0) is 19.2. The van der Waals surface area contributed by atoms with Crippen LogP contribution < -0.4 is 19.1 Å². The molecule has 6 nitrogen and oxygen atoms in total. The van der Waals surface area contributed by atoms with Crippen LogP contribution in [0.5, 0.6) is 17.2 Å². The van der Waals surface area contributed by atoms with Gasteiger partial charge in [0, 0.05) is 43.5 Å². The van der Waals surface area contributed by atoms with Crippen LogP contribution in [0.4, 0.5) is 5.69 Å². The first-order chi connectivity index (χ1) is 13.1. The van der Waals surface area contributed by atoms with Gasteiger partial charge in [-0.15, -0.1) is 0 Å². The Morgan fingerprint density at radius 2 is 1.48 bits per heavy atom. The summed E-state index contributed by atoms with van der Waals surface area (Å²) >= 11 is 0. The summed E-state index contributed by atoms with van der Waals surface area (Å²) in [5.41, 5.74) is 1.73. The van der Waals surface area contributed by atoms with Crippen molar-refractivity contribution in [1.82, 2.24) is 4.90 Å². The Hall–Kier alpha value is -2.89. The van der Waals surface area contributed by atoms with E-state index in [0.29, 0.717) is 36.8 Å². The summed E-state index contributed by atoms with van der Waals surface area (Å²) in [7, 11) is 3.16. The fourth-order valence-electron chi connectivity index (χ4n) is 3.20. The van der Waals surface area contributed by atoms with E-state index in [2.05, 4.69) is 17.0 Å². The monoisotopic (exact) mass is 370 g/mol. The average molecular weight is 370 g/mol. The highest BCUT2D eigenvalue weighted by molar-refractivity contribution is 5.95. The van der Waals surface area contributed by atoms with Crippen molar-refractivity contribution in [1.29, 1.82) is 0 Å². The number of hydrogen-bond acceptors (Lipinski definition) is 5. The lowest BCUT2D eigenvalue weighted by molar-refractivity contribution is 0.0746. The minimum absolute atomic E-state index is 0.00135. The third-order valence-electron chi connectivity index (χ3n) is 4.68. The Morgan fingerprint density at radius 1 is 0.889 bits per heavy atom. The summed E-state index contributed by atoms with van der Waals surface area (Å²) in [5, 5.41) is 0. The molecule has 3 rings (SSSR count). The highest BCUT2D eigenvalue weighted by atomic mass is 16.5. The number of piperazine rings is 1. The molecule has 1 aliphatic rings. The molecule has 144 valence electrons. The van der Waals surface area contributed by atoms with Gasteiger partial charge in [0.05, 0.1) is 20.8 Å². The van der Waals surface area contributed by atoms with Crippen LogP contribution in [0, 0.1) is 0 Å². The van der Waals surface area contributed by atoms with Crippen molar-refractivity contribution in [3.63, 3.8) is 0 Å². The van der Waals surface area contributed by atoms with Crippen LogP contribution in [0.1, 0.15) is 17.3 Å². The van der Waals surface area contributed by atoms with Crippen molar-refractivity contribution in [3.8, 4) is 17.2 Å². The standard InChI is InChI=1S/C21H26N2O4/c1-4-27-18-7-5-17(6-8-18)22-9-11-23(12-10-22)21(24)16-13-19(25-2)15-20(14-16)26-3/h5-8,13-15H,4,9-12H2,1-3H3. The van der Waals surface area contributed by atoms with E-state index in [9.17, 15) is 4.79 Å². The summed E-state index contributed by atoms with van der Waals surface area (Å²) in [6.07, 6.45) is 0. The van der Waals surface area contributed by atoms with Crippen LogP contribution in [0.25, 0.3) is 0 Å². The predicted octanol–water partition coefficient (Wildman–Crippen LogP) is 3.06. The molecule has 2 aromatic carbocycles. The second-order valence-corrected chi connectivity index (χ2v) is 6.31. The van der Waals surface area contributed by atoms with Gasteiger partial charge in [0.1, 0.15) is 17.2 Å². The smallest absolute Gasteiger partial charge is 0.254 e. The number of benzene rings is 2. The minimum Gasteiger partial charge on any atom is -0.497 e. The van der Waals surface area contributed by atoms with Gasteiger partial charge in [-0.2, -0.15) is 0 Å². The van der Waals surface area contributed by atoms with Crippen molar-refractivity contribution in [2.24, 2.45) is 0 Å². The van der Waals surface area contributed by atoms with E-state index in [0.717, 1.165) is 24.5 Å². The number of carbonyl (C=O) groups is 1. The maximum absolute atomic E-state index is 12.9. The lowest BCUT2D eigenvalue weighted by Crippen LogP contribution is -2.48. The molecule has 1 heterocycles. The van der Waals surface area contributed by atoms with E-state index in [1.165, 1.54) is 0 Å². The molecule has 2 aromatic rings. The fraction of sp³-hybridized carbons (Fsp3) is 0.381. The number of carbonyl (C=O) groups excluding carboxylic acids is 1. The van der Waals surface area contributed by atoms with Crippen molar-refractivity contribution < 1.29 is 19.0 Å². The molecule has 0 radical (unpaired) electrons. The summed E-state index contributed by atoms with van der Waals surface area (Å²) in [4.78, 5) is 17.0. The molecule has 1 aliphatic heterocycles. The first-order valence-electron chi connectivity index (χ1n) is 9.14. The average Bonchev–Trinajstić information content (AvgIpc) is 2.73. The second-order valence-electron chi connectivity index (χ2n) is 6.31. The molecule has 0 bridgehead atoms. The van der Waals surface area contributed by atoms with E-state index >= 15 is 0 Å². The molecular weight excluding hydrogens is 344 g/mol. The van der Waals surface area contributed by atoms with E-state index in [1.807, 2.05) is 24.0 Å². The number of amides is 1. The summed E-state index contributed by atoms with van der Waals surface area (Å²) < 4.78 is 16.0. The Bertz CT molecular complexity index is 746. The Kier molecular flexibility index (Phi) is 6.06. The van der Waals surface area contributed by atoms with E-state index in [1.54, 1.807) is 32.4 Å². The first kappa shape index (κ1) is 18.9. The highest BCUT2D eigenvalue weighted by Crippen LogP contribution is 2.25. The van der Waals surface area contributed by atoms with Crippen LogP contribution in [0.2, 0.25) is 0 Å². The van der Waals surface area contributed by atoms with Gasteiger partial charge in [-0.3, -0.25) is 4.79 Å². The molecule has 27 heavy (non-hydrogen) atoms. The largest absolute Gasteiger partial charge is 0.497 e. The quantitative estimate of drug-likeness (QED) is 0.782. The van der Waals surface area contributed by atoms with Crippen LogP contribution in [0.15, 0.2) is 42.5 Å². The molecular formula is C21H26N2O4. The van der Waals surface area contributed by atoms with E-state index in [4.69, 9.17) is 14.2 Å². The van der Waals surface area contributed by atoms with E-state index in [-0.39, 0.29) is 5.91 Å². The molecule has 0 spiro atoms. The number of nitrogens with zero attached hydrogens (tertiary/aromatic N) is 2. The Labute approximate surface area is 160 Å². The van der Waals surface area contributed by atoms with Crippen LogP contribution in [-0.4, -0.2) is 57.8 Å². The molecule has 1 saturated heterocycles. The normalized spacial score (nSPS) is 14.0. The maximum Gasteiger partial charge on any atom is 0.254 e. The molecule has 1 amide bonds. The van der Waals surface area contributed by atoms with Gasteiger partial charge in [-0.25, -0.2) is 0 Å². The third kappa shape index (κ3) is 4.45. The Morgan fingerprint density at radius 3 is 2.00 bits per heavy atom.